The molecule has 2 rings (SSSR count). The molecule has 5 atom stereocenters. The van der Waals surface area contributed by atoms with E-state index in [1.165, 1.54) is 91.3 Å². The lowest BCUT2D eigenvalue weighted by molar-refractivity contribution is -0.123. The Morgan fingerprint density at radius 2 is 1.45 bits per heavy atom. The van der Waals surface area contributed by atoms with Crippen LogP contribution in [0.5, 0.6) is 0 Å². The van der Waals surface area contributed by atoms with Crippen molar-refractivity contribution in [2.75, 3.05) is 0 Å². The summed E-state index contributed by atoms with van der Waals surface area (Å²) in [4.78, 5) is 27.2. The minimum atomic E-state index is -1.78. The highest BCUT2D eigenvalue weighted by Crippen LogP contribution is 2.63. The lowest BCUT2D eigenvalue weighted by Crippen LogP contribution is -2.65. The first kappa shape index (κ1) is 41.3. The fourth-order valence-electron chi connectivity index (χ4n) is 9.85. The first-order chi connectivity index (χ1) is 22.4. The summed E-state index contributed by atoms with van der Waals surface area (Å²) in [5.41, 5.74) is 7.54. The summed E-state index contributed by atoms with van der Waals surface area (Å²) in [5.74, 6) is 1.12. The molecule has 47 heavy (non-hydrogen) atoms. The van der Waals surface area contributed by atoms with Crippen molar-refractivity contribution in [3.05, 3.63) is 45.7 Å². The van der Waals surface area contributed by atoms with Crippen LogP contribution in [-0.4, -0.2) is 26.7 Å². The third kappa shape index (κ3) is 8.65. The predicted octanol–water partition coefficient (Wildman–Crippen LogP) is 11.4. The molecular weight excluding hydrogens is 593 g/mol. The molecule has 0 saturated heterocycles. The highest BCUT2D eigenvalue weighted by molar-refractivity contribution is 6.64. The molecule has 0 aliphatic heterocycles. The maximum absolute atomic E-state index is 14.2. The van der Waals surface area contributed by atoms with E-state index in [1.54, 1.807) is 0 Å². The summed E-state index contributed by atoms with van der Waals surface area (Å²) >= 11 is 0. The van der Waals surface area contributed by atoms with Crippen LogP contribution in [0.25, 0.3) is 0 Å². The largest absolute Gasteiger partial charge is 0.346 e. The molecule has 0 aromatic heterocycles. The molecular formula is C42H74N2O2Si. The van der Waals surface area contributed by atoms with E-state index in [1.807, 2.05) is 0 Å². The van der Waals surface area contributed by atoms with Crippen LogP contribution < -0.4 is 10.6 Å². The normalized spacial score (nSPS) is 22.3. The fourth-order valence-corrected chi connectivity index (χ4v) is 15.3. The van der Waals surface area contributed by atoms with E-state index in [0.717, 1.165) is 31.4 Å². The average molecular weight is 667 g/mol. The van der Waals surface area contributed by atoms with Crippen molar-refractivity contribution in [3.63, 3.8) is 0 Å². The molecule has 0 heterocycles. The van der Waals surface area contributed by atoms with Crippen molar-refractivity contribution in [1.29, 1.82) is 0 Å². The second kappa shape index (κ2) is 19.3. The fraction of sp³-hybridized carbons (Fsp3) is 0.762. The maximum atomic E-state index is 14.2. The Morgan fingerprint density at radius 1 is 0.894 bits per heavy atom. The number of nitrogens with one attached hydrogen (secondary N) is 2. The Morgan fingerprint density at radius 3 is 1.87 bits per heavy atom. The summed E-state index contributed by atoms with van der Waals surface area (Å²) in [6, 6.07) is 2.46. The number of hydrogen-bond acceptors (Lipinski definition) is 2. The molecule has 5 unspecified atom stereocenters. The third-order valence-electron chi connectivity index (χ3n) is 12.4. The standard InChI is InChI=1S/C42H74N2O2Si/c1-13-18-20-22-27-47(28-23-21-19-14-2)42(30(6)7,40(43-29-45)38-33(10)31(8)32(9)34(38)11)41(12,44-37(46)24-15-3)39-35(16-4)25-26-36(39)17-5/h25-26,29-30,33-35,47H,13-24,27-28H2,1-12H3,(H,43,45)(H,44,46). The third-order valence-corrected chi connectivity index (χ3v) is 17.5. The Hall–Kier alpha value is -1.88. The summed E-state index contributed by atoms with van der Waals surface area (Å²) in [5, 5.41) is 7.03. The van der Waals surface area contributed by atoms with Gasteiger partial charge in [-0.05, 0) is 62.7 Å². The number of rotatable bonds is 22. The van der Waals surface area contributed by atoms with Gasteiger partial charge in [0.05, 0.1) is 14.3 Å². The van der Waals surface area contributed by atoms with Gasteiger partial charge in [0.2, 0.25) is 12.3 Å². The smallest absolute Gasteiger partial charge is 0.220 e. The Labute approximate surface area is 292 Å². The number of unbranched alkanes of at least 4 members (excludes halogenated alkanes) is 6. The first-order valence-electron chi connectivity index (χ1n) is 19.7. The van der Waals surface area contributed by atoms with Crippen molar-refractivity contribution in [2.45, 2.75) is 183 Å². The van der Waals surface area contributed by atoms with Crippen LogP contribution in [0.2, 0.25) is 17.1 Å². The van der Waals surface area contributed by atoms with Crippen molar-refractivity contribution in [3.8, 4) is 0 Å². The van der Waals surface area contributed by atoms with Gasteiger partial charge in [0, 0.05) is 34.9 Å². The molecule has 0 fully saturated rings. The van der Waals surface area contributed by atoms with E-state index in [9.17, 15) is 9.59 Å². The average Bonchev–Trinajstić information content (AvgIpc) is 3.55. The van der Waals surface area contributed by atoms with E-state index in [-0.39, 0.29) is 29.6 Å². The molecule has 0 spiro atoms. The molecule has 5 heteroatoms. The topological polar surface area (TPSA) is 58.2 Å². The van der Waals surface area contributed by atoms with E-state index < -0.39 is 19.4 Å². The number of hydrogen-bond donors (Lipinski definition) is 2. The Balaban J connectivity index is 3.22. The highest BCUT2D eigenvalue weighted by Gasteiger charge is 2.62. The van der Waals surface area contributed by atoms with Gasteiger partial charge in [0.15, 0.2) is 0 Å². The molecule has 4 nitrogen and oxygen atoms in total. The van der Waals surface area contributed by atoms with E-state index >= 15 is 0 Å². The molecule has 2 N–H and O–H groups in total. The van der Waals surface area contributed by atoms with Crippen molar-refractivity contribution < 1.29 is 9.59 Å². The van der Waals surface area contributed by atoms with Crippen LogP contribution in [0.4, 0.5) is 0 Å². The minimum Gasteiger partial charge on any atom is -0.346 e. The molecule has 268 valence electrons. The van der Waals surface area contributed by atoms with E-state index in [2.05, 4.69) is 106 Å². The molecule has 0 radical (unpaired) electrons. The van der Waals surface area contributed by atoms with Gasteiger partial charge in [-0.2, -0.15) is 0 Å². The zero-order chi connectivity index (χ0) is 35.4. The highest BCUT2D eigenvalue weighted by atomic mass is 28.3. The second-order valence-electron chi connectivity index (χ2n) is 15.4. The lowest BCUT2D eigenvalue weighted by atomic mass is 9.65. The van der Waals surface area contributed by atoms with Crippen LogP contribution in [0.15, 0.2) is 45.7 Å². The molecule has 2 aliphatic rings. The van der Waals surface area contributed by atoms with E-state index in [0.29, 0.717) is 6.42 Å². The Bertz CT molecular complexity index is 1130. The summed E-state index contributed by atoms with van der Waals surface area (Å²) < 4.78 is 0. The molecule has 2 amide bonds. The van der Waals surface area contributed by atoms with Crippen molar-refractivity contribution >= 4 is 21.1 Å². The van der Waals surface area contributed by atoms with Gasteiger partial charge >= 0.3 is 0 Å². The van der Waals surface area contributed by atoms with Gasteiger partial charge in [0.25, 0.3) is 0 Å². The van der Waals surface area contributed by atoms with Gasteiger partial charge < -0.3 is 10.6 Å². The zero-order valence-corrected chi connectivity index (χ0v) is 34.0. The van der Waals surface area contributed by atoms with Gasteiger partial charge in [-0.3, -0.25) is 9.59 Å². The van der Waals surface area contributed by atoms with Crippen molar-refractivity contribution in [1.82, 2.24) is 10.6 Å². The number of allylic oxidation sites excluding steroid dienone is 6. The van der Waals surface area contributed by atoms with Crippen LogP contribution in [0.3, 0.4) is 0 Å². The van der Waals surface area contributed by atoms with Gasteiger partial charge in [-0.25, -0.2) is 0 Å². The molecule has 0 bridgehead atoms. The number of amides is 2. The summed E-state index contributed by atoms with van der Waals surface area (Å²) in [6.07, 6.45) is 18.9. The zero-order valence-electron chi connectivity index (χ0n) is 32.8. The lowest BCUT2D eigenvalue weighted by Gasteiger charge is -2.59. The minimum absolute atomic E-state index is 0.142. The van der Waals surface area contributed by atoms with Crippen LogP contribution in [0, 0.1) is 23.7 Å². The van der Waals surface area contributed by atoms with Crippen molar-refractivity contribution in [2.24, 2.45) is 23.7 Å². The van der Waals surface area contributed by atoms with Gasteiger partial charge in [-0.1, -0.05) is 149 Å². The molecule has 0 aromatic rings. The summed E-state index contributed by atoms with van der Waals surface area (Å²) in [7, 11) is -1.78. The van der Waals surface area contributed by atoms with E-state index in [4.69, 9.17) is 0 Å². The number of carbonyl (C=O) groups is 2. The number of carbonyl (C=O) groups excluding carboxylic acids is 2. The first-order valence-corrected chi connectivity index (χ1v) is 21.9. The van der Waals surface area contributed by atoms with Gasteiger partial charge in [-0.15, -0.1) is 0 Å². The van der Waals surface area contributed by atoms with Crippen LogP contribution in [0.1, 0.15) is 160 Å². The summed E-state index contributed by atoms with van der Waals surface area (Å²) in [6.45, 7) is 27.8. The Kier molecular flexibility index (Phi) is 17.0. The monoisotopic (exact) mass is 667 g/mol. The van der Waals surface area contributed by atoms with Crippen LogP contribution in [-0.2, 0) is 9.59 Å². The second-order valence-corrected chi connectivity index (χ2v) is 18.9. The molecule has 2 aliphatic carbocycles. The molecule has 0 aromatic carbocycles. The van der Waals surface area contributed by atoms with Crippen LogP contribution >= 0.6 is 0 Å². The predicted molar refractivity (Wildman–Crippen MR) is 207 cm³/mol. The SMILES string of the molecule is CCCCCC[SiH](CCCCCC)C(C(NC=O)=C1C(C)C(C)=C(C)C1C)(C(C)C)C(C)(NC(=O)CCC)C1=C(CC)C=CC1CC. The quantitative estimate of drug-likeness (QED) is 0.0523. The molecule has 0 saturated carbocycles. The van der Waals surface area contributed by atoms with Gasteiger partial charge in [0.1, 0.15) is 0 Å². The maximum Gasteiger partial charge on any atom is 0.220 e.